The molecule has 5 nitrogen and oxygen atoms in total. The van der Waals surface area contributed by atoms with E-state index in [0.29, 0.717) is 13.2 Å². The van der Waals surface area contributed by atoms with Crippen molar-refractivity contribution < 1.29 is 14.3 Å². The van der Waals surface area contributed by atoms with E-state index in [0.717, 1.165) is 25.7 Å². The first-order valence-corrected chi connectivity index (χ1v) is 5.77. The summed E-state index contributed by atoms with van der Waals surface area (Å²) < 4.78 is 4.85. The third-order valence-corrected chi connectivity index (χ3v) is 2.75. The predicted molar refractivity (Wildman–Crippen MR) is 59.9 cm³/mol. The molecule has 1 rings (SSSR count). The summed E-state index contributed by atoms with van der Waals surface area (Å²) in [5, 5.41) is 5.36. The first-order chi connectivity index (χ1) is 7.74. The number of nitrogens with one attached hydrogen (secondary N) is 2. The molecule has 0 atom stereocenters. The highest BCUT2D eigenvalue weighted by molar-refractivity contribution is 5.86. The summed E-state index contributed by atoms with van der Waals surface area (Å²) >= 11 is 0. The second kappa shape index (κ2) is 7.22. The fraction of sp³-hybridized carbons (Fsp3) is 0.818. The van der Waals surface area contributed by atoms with Crippen molar-refractivity contribution in [3.8, 4) is 0 Å². The van der Waals surface area contributed by atoms with Crippen LogP contribution >= 0.6 is 0 Å². The lowest BCUT2D eigenvalue weighted by Gasteiger charge is -2.23. The third kappa shape index (κ3) is 4.61. The number of hydrogen-bond donors (Lipinski definition) is 2. The van der Waals surface area contributed by atoms with Crippen LogP contribution in [0.5, 0.6) is 0 Å². The van der Waals surface area contributed by atoms with E-state index in [2.05, 4.69) is 10.6 Å². The van der Waals surface area contributed by atoms with E-state index in [4.69, 9.17) is 4.74 Å². The fourth-order valence-electron chi connectivity index (χ4n) is 1.49. The van der Waals surface area contributed by atoms with Gasteiger partial charge in [0.15, 0.2) is 0 Å². The van der Waals surface area contributed by atoms with Gasteiger partial charge < -0.3 is 15.4 Å². The van der Waals surface area contributed by atoms with E-state index in [1.165, 1.54) is 0 Å². The van der Waals surface area contributed by atoms with E-state index >= 15 is 0 Å². The number of methoxy groups -OCH3 is 1. The van der Waals surface area contributed by atoms with Gasteiger partial charge in [0.1, 0.15) is 0 Å². The van der Waals surface area contributed by atoms with Gasteiger partial charge in [0, 0.05) is 26.2 Å². The van der Waals surface area contributed by atoms with Gasteiger partial charge in [0.25, 0.3) is 0 Å². The van der Waals surface area contributed by atoms with Gasteiger partial charge in [-0.15, -0.1) is 0 Å². The Bertz CT molecular complexity index is 239. The van der Waals surface area contributed by atoms with Crippen molar-refractivity contribution in [1.29, 1.82) is 0 Å². The van der Waals surface area contributed by atoms with Crippen molar-refractivity contribution in [3.63, 3.8) is 0 Å². The molecule has 1 fully saturated rings. The Balaban J connectivity index is 1.98. The smallest absolute Gasteiger partial charge is 0.239 e. The summed E-state index contributed by atoms with van der Waals surface area (Å²) in [4.78, 5) is 22.7. The van der Waals surface area contributed by atoms with Crippen molar-refractivity contribution in [2.75, 3.05) is 26.8 Å². The van der Waals surface area contributed by atoms with E-state index in [9.17, 15) is 9.59 Å². The minimum atomic E-state index is -0.135. The average molecular weight is 228 g/mol. The van der Waals surface area contributed by atoms with Crippen molar-refractivity contribution in [2.45, 2.75) is 25.7 Å². The van der Waals surface area contributed by atoms with Crippen LogP contribution in [0.1, 0.15) is 25.7 Å². The molecule has 0 radical (unpaired) electrons. The van der Waals surface area contributed by atoms with E-state index in [1.54, 1.807) is 7.11 Å². The van der Waals surface area contributed by atoms with Gasteiger partial charge in [-0.2, -0.15) is 0 Å². The van der Waals surface area contributed by atoms with Gasteiger partial charge in [0.2, 0.25) is 11.8 Å². The Labute approximate surface area is 95.9 Å². The van der Waals surface area contributed by atoms with Gasteiger partial charge in [0.05, 0.1) is 6.54 Å². The molecule has 2 N–H and O–H groups in total. The molecule has 0 aromatic heterocycles. The standard InChI is InChI=1S/C11H20N2O3/c1-16-7-3-6-12-10(14)8-13-11(15)9-4-2-5-9/h9H,2-8H2,1H3,(H,12,14)(H,13,15). The van der Waals surface area contributed by atoms with Gasteiger partial charge in [-0.05, 0) is 19.3 Å². The molecular weight excluding hydrogens is 208 g/mol. The third-order valence-electron chi connectivity index (χ3n) is 2.75. The Kier molecular flexibility index (Phi) is 5.85. The largest absolute Gasteiger partial charge is 0.385 e. The average Bonchev–Trinajstić information content (AvgIpc) is 2.19. The molecule has 0 heterocycles. The molecule has 0 aromatic rings. The van der Waals surface area contributed by atoms with Crippen molar-refractivity contribution >= 4 is 11.8 Å². The maximum absolute atomic E-state index is 11.4. The SMILES string of the molecule is COCCCNC(=O)CNC(=O)C1CCC1. The number of carbonyl (C=O) groups is 2. The first-order valence-electron chi connectivity index (χ1n) is 5.77. The molecule has 1 saturated carbocycles. The Morgan fingerprint density at radius 2 is 2.06 bits per heavy atom. The number of rotatable bonds is 7. The number of hydrogen-bond acceptors (Lipinski definition) is 3. The molecule has 0 bridgehead atoms. The van der Waals surface area contributed by atoms with Crippen molar-refractivity contribution in [3.05, 3.63) is 0 Å². The summed E-state index contributed by atoms with van der Waals surface area (Å²) in [5.74, 6) is 0.0170. The molecule has 0 unspecified atom stereocenters. The summed E-state index contributed by atoms with van der Waals surface area (Å²) in [6, 6.07) is 0. The van der Waals surface area contributed by atoms with Crippen LogP contribution in [0.3, 0.4) is 0 Å². The Morgan fingerprint density at radius 3 is 2.62 bits per heavy atom. The summed E-state index contributed by atoms with van der Waals surface area (Å²) in [7, 11) is 1.63. The Hall–Kier alpha value is -1.10. The first kappa shape index (κ1) is 13.0. The number of amides is 2. The highest BCUT2D eigenvalue weighted by Gasteiger charge is 2.24. The van der Waals surface area contributed by atoms with Crippen LogP contribution < -0.4 is 10.6 Å². The second-order valence-corrected chi connectivity index (χ2v) is 4.04. The van der Waals surface area contributed by atoms with Crippen LogP contribution in [0.4, 0.5) is 0 Å². The lowest BCUT2D eigenvalue weighted by molar-refractivity contribution is -0.130. The molecule has 1 aliphatic carbocycles. The zero-order valence-electron chi connectivity index (χ0n) is 9.75. The van der Waals surface area contributed by atoms with Crippen LogP contribution in [0, 0.1) is 5.92 Å². The second-order valence-electron chi connectivity index (χ2n) is 4.04. The van der Waals surface area contributed by atoms with Gasteiger partial charge >= 0.3 is 0 Å². The van der Waals surface area contributed by atoms with Crippen LogP contribution in [0.15, 0.2) is 0 Å². The van der Waals surface area contributed by atoms with Gasteiger partial charge in [-0.1, -0.05) is 6.42 Å². The lowest BCUT2D eigenvalue weighted by Crippen LogP contribution is -2.41. The molecule has 0 aromatic carbocycles. The zero-order chi connectivity index (χ0) is 11.8. The van der Waals surface area contributed by atoms with Crippen LogP contribution in [0.25, 0.3) is 0 Å². The van der Waals surface area contributed by atoms with Gasteiger partial charge in [-0.25, -0.2) is 0 Å². The molecule has 2 amide bonds. The quantitative estimate of drug-likeness (QED) is 0.605. The van der Waals surface area contributed by atoms with Crippen LogP contribution in [0.2, 0.25) is 0 Å². The van der Waals surface area contributed by atoms with Gasteiger partial charge in [-0.3, -0.25) is 9.59 Å². The topological polar surface area (TPSA) is 67.4 Å². The summed E-state index contributed by atoms with van der Waals surface area (Å²) in [5.41, 5.74) is 0. The maximum Gasteiger partial charge on any atom is 0.239 e. The van der Waals surface area contributed by atoms with Crippen LogP contribution in [-0.2, 0) is 14.3 Å². The lowest BCUT2D eigenvalue weighted by atomic mass is 9.85. The number of ether oxygens (including phenoxy) is 1. The number of carbonyl (C=O) groups excluding carboxylic acids is 2. The highest BCUT2D eigenvalue weighted by atomic mass is 16.5. The van der Waals surface area contributed by atoms with Crippen molar-refractivity contribution in [1.82, 2.24) is 10.6 Å². The zero-order valence-corrected chi connectivity index (χ0v) is 9.75. The molecule has 5 heteroatoms. The minimum Gasteiger partial charge on any atom is -0.385 e. The molecule has 16 heavy (non-hydrogen) atoms. The molecule has 0 spiro atoms. The molecule has 92 valence electrons. The van der Waals surface area contributed by atoms with Crippen LogP contribution in [-0.4, -0.2) is 38.6 Å². The van der Waals surface area contributed by atoms with E-state index in [1.807, 2.05) is 0 Å². The summed E-state index contributed by atoms with van der Waals surface area (Å²) in [6.07, 6.45) is 3.84. The normalized spacial score (nSPS) is 15.3. The Morgan fingerprint density at radius 1 is 1.31 bits per heavy atom. The molecular formula is C11H20N2O3. The maximum atomic E-state index is 11.4. The minimum absolute atomic E-state index is 0.0123. The van der Waals surface area contributed by atoms with Crippen molar-refractivity contribution in [2.24, 2.45) is 5.92 Å². The van der Waals surface area contributed by atoms with E-state index in [-0.39, 0.29) is 24.3 Å². The molecule has 0 saturated heterocycles. The fourth-order valence-corrected chi connectivity index (χ4v) is 1.49. The molecule has 1 aliphatic rings. The highest BCUT2D eigenvalue weighted by Crippen LogP contribution is 2.25. The summed E-state index contributed by atoms with van der Waals surface area (Å²) in [6.45, 7) is 1.31. The monoisotopic (exact) mass is 228 g/mol. The van der Waals surface area contributed by atoms with E-state index < -0.39 is 0 Å². The molecule has 0 aliphatic heterocycles. The predicted octanol–water partition coefficient (Wildman–Crippen LogP) is 0.0554.